The Morgan fingerprint density at radius 3 is 2.63 bits per heavy atom. The predicted molar refractivity (Wildman–Crippen MR) is 81.3 cm³/mol. The fraction of sp³-hybridized carbons (Fsp3) is 0.429. The largest absolute Gasteiger partial charge is 0.293 e. The van der Waals surface area contributed by atoms with Crippen molar-refractivity contribution < 1.29 is 4.79 Å². The van der Waals surface area contributed by atoms with E-state index in [4.69, 9.17) is 0 Å². The van der Waals surface area contributed by atoms with Crippen LogP contribution in [0.5, 0.6) is 0 Å². The van der Waals surface area contributed by atoms with Crippen LogP contribution in [-0.4, -0.2) is 29.3 Å². The summed E-state index contributed by atoms with van der Waals surface area (Å²) in [5.74, 6) is 0.191. The molecular weight excluding hydrogens is 276 g/mol. The van der Waals surface area contributed by atoms with E-state index in [-0.39, 0.29) is 5.78 Å². The van der Waals surface area contributed by atoms with Gasteiger partial charge in [-0.15, -0.1) is 22.7 Å². The smallest absolute Gasteiger partial charge is 0.177 e. The van der Waals surface area contributed by atoms with Crippen LogP contribution in [-0.2, 0) is 6.54 Å². The SMILES string of the molecule is Cc1cc(C(=O)CN(C)Cc2csc(C)n2)c(C)s1. The predicted octanol–water partition coefficient (Wildman–Crippen LogP) is 3.44. The zero-order chi connectivity index (χ0) is 14.0. The van der Waals surface area contributed by atoms with Gasteiger partial charge in [-0.3, -0.25) is 9.69 Å². The Bertz CT molecular complexity index is 586. The Morgan fingerprint density at radius 1 is 1.37 bits per heavy atom. The van der Waals surface area contributed by atoms with Gasteiger partial charge in [0.25, 0.3) is 0 Å². The fourth-order valence-electron chi connectivity index (χ4n) is 2.05. The highest BCUT2D eigenvalue weighted by molar-refractivity contribution is 7.12. The van der Waals surface area contributed by atoms with Crippen molar-refractivity contribution in [3.05, 3.63) is 37.5 Å². The maximum atomic E-state index is 12.2. The molecule has 0 bridgehead atoms. The quantitative estimate of drug-likeness (QED) is 0.792. The highest BCUT2D eigenvalue weighted by atomic mass is 32.1. The molecule has 0 aliphatic heterocycles. The number of rotatable bonds is 5. The Balaban J connectivity index is 1.97. The summed E-state index contributed by atoms with van der Waals surface area (Å²) in [6, 6.07) is 1.99. The Morgan fingerprint density at radius 2 is 2.11 bits per heavy atom. The zero-order valence-corrected chi connectivity index (χ0v) is 13.3. The van der Waals surface area contributed by atoms with Crippen molar-refractivity contribution in [3.63, 3.8) is 0 Å². The van der Waals surface area contributed by atoms with Gasteiger partial charge in [-0.1, -0.05) is 0 Å². The van der Waals surface area contributed by atoms with Crippen molar-refractivity contribution in [2.75, 3.05) is 13.6 Å². The average molecular weight is 294 g/mol. The molecule has 0 unspecified atom stereocenters. The molecule has 0 amide bonds. The van der Waals surface area contributed by atoms with E-state index in [9.17, 15) is 4.79 Å². The van der Waals surface area contributed by atoms with Gasteiger partial charge >= 0.3 is 0 Å². The first-order valence-electron chi connectivity index (χ1n) is 6.15. The molecule has 2 aromatic rings. The zero-order valence-electron chi connectivity index (χ0n) is 11.7. The molecule has 0 saturated carbocycles. The van der Waals surface area contributed by atoms with Crippen molar-refractivity contribution >= 4 is 28.5 Å². The topological polar surface area (TPSA) is 33.2 Å². The van der Waals surface area contributed by atoms with Crippen LogP contribution < -0.4 is 0 Å². The lowest BCUT2D eigenvalue weighted by atomic mass is 10.1. The number of carbonyl (C=O) groups excluding carboxylic acids is 1. The molecule has 5 heteroatoms. The second-order valence-corrected chi connectivity index (χ2v) is 7.30. The standard InChI is InChI=1S/C14H18N2OS2/c1-9-5-13(10(2)19-9)14(17)7-16(4)6-12-8-18-11(3)15-12/h5,8H,6-7H2,1-4H3. The first kappa shape index (κ1) is 14.4. The van der Waals surface area contributed by atoms with Crippen molar-refractivity contribution in [2.45, 2.75) is 27.3 Å². The van der Waals surface area contributed by atoms with E-state index < -0.39 is 0 Å². The molecule has 0 aliphatic rings. The first-order valence-corrected chi connectivity index (χ1v) is 7.85. The molecule has 102 valence electrons. The Labute approximate surface area is 121 Å². The number of nitrogens with zero attached hydrogens (tertiary/aromatic N) is 2. The number of carbonyl (C=O) groups is 1. The van der Waals surface area contributed by atoms with Gasteiger partial charge in [0.05, 0.1) is 17.2 Å². The summed E-state index contributed by atoms with van der Waals surface area (Å²) >= 11 is 3.33. The van der Waals surface area contributed by atoms with Gasteiger partial charge in [0.2, 0.25) is 0 Å². The number of likely N-dealkylation sites (N-methyl/N-ethyl adjacent to an activating group) is 1. The minimum atomic E-state index is 0.191. The van der Waals surface area contributed by atoms with Gasteiger partial charge in [-0.2, -0.15) is 0 Å². The molecule has 0 N–H and O–H groups in total. The summed E-state index contributed by atoms with van der Waals surface area (Å²) in [5.41, 5.74) is 1.90. The van der Waals surface area contributed by atoms with E-state index in [1.807, 2.05) is 38.8 Å². The molecule has 0 spiro atoms. The normalized spacial score (nSPS) is 11.2. The molecule has 0 aliphatic carbocycles. The van der Waals surface area contributed by atoms with Crippen molar-refractivity contribution in [1.82, 2.24) is 9.88 Å². The average Bonchev–Trinajstić information content (AvgIpc) is 2.84. The Hall–Kier alpha value is -1.04. The lowest BCUT2D eigenvalue weighted by Gasteiger charge is -2.14. The maximum absolute atomic E-state index is 12.2. The molecule has 2 rings (SSSR count). The Kier molecular flexibility index (Phi) is 4.50. The number of hydrogen-bond acceptors (Lipinski definition) is 5. The molecule has 3 nitrogen and oxygen atoms in total. The molecule has 19 heavy (non-hydrogen) atoms. The number of aryl methyl sites for hydroxylation is 3. The van der Waals surface area contributed by atoms with Gasteiger partial charge in [-0.25, -0.2) is 4.98 Å². The molecule has 0 saturated heterocycles. The fourth-order valence-corrected chi connectivity index (χ4v) is 3.60. The third-order valence-corrected chi connectivity index (χ3v) is 4.64. The number of thiophene rings is 1. The van der Waals surface area contributed by atoms with Gasteiger partial charge in [0.1, 0.15) is 0 Å². The van der Waals surface area contributed by atoms with E-state index in [1.165, 1.54) is 4.88 Å². The van der Waals surface area contributed by atoms with Crippen LogP contribution in [0.4, 0.5) is 0 Å². The summed E-state index contributed by atoms with van der Waals surface area (Å²) < 4.78 is 0. The second kappa shape index (κ2) is 5.94. The van der Waals surface area contributed by atoms with E-state index in [2.05, 4.69) is 10.4 Å². The van der Waals surface area contributed by atoms with Gasteiger partial charge in [0, 0.05) is 27.2 Å². The van der Waals surface area contributed by atoms with Crippen molar-refractivity contribution in [1.29, 1.82) is 0 Å². The molecular formula is C14H18N2OS2. The number of hydrogen-bond donors (Lipinski definition) is 0. The second-order valence-electron chi connectivity index (χ2n) is 4.78. The maximum Gasteiger partial charge on any atom is 0.177 e. The van der Waals surface area contributed by atoms with E-state index in [1.54, 1.807) is 22.7 Å². The summed E-state index contributed by atoms with van der Waals surface area (Å²) in [6.45, 7) is 7.20. The molecule has 0 radical (unpaired) electrons. The van der Waals surface area contributed by atoms with Gasteiger partial charge in [0.15, 0.2) is 5.78 Å². The van der Waals surface area contributed by atoms with Crippen LogP contribution >= 0.6 is 22.7 Å². The van der Waals surface area contributed by atoms with E-state index in [0.717, 1.165) is 27.7 Å². The lowest BCUT2D eigenvalue weighted by molar-refractivity contribution is 0.0942. The monoisotopic (exact) mass is 294 g/mol. The summed E-state index contributed by atoms with van der Waals surface area (Å²) in [7, 11) is 1.96. The third-order valence-electron chi connectivity index (χ3n) is 2.85. The highest BCUT2D eigenvalue weighted by Gasteiger charge is 2.14. The van der Waals surface area contributed by atoms with Crippen LogP contribution in [0.15, 0.2) is 11.4 Å². The molecule has 0 fully saturated rings. The molecule has 0 aromatic carbocycles. The molecule has 2 heterocycles. The minimum Gasteiger partial charge on any atom is -0.293 e. The van der Waals surface area contributed by atoms with Gasteiger partial charge in [-0.05, 0) is 33.9 Å². The van der Waals surface area contributed by atoms with E-state index in [0.29, 0.717) is 6.54 Å². The number of Topliss-reactive ketones (excluding diaryl/α,β-unsaturated/α-hetero) is 1. The number of thiazole rings is 1. The lowest BCUT2D eigenvalue weighted by Crippen LogP contribution is -2.25. The molecule has 2 aromatic heterocycles. The number of aromatic nitrogens is 1. The third kappa shape index (κ3) is 3.72. The van der Waals surface area contributed by atoms with Crippen LogP contribution in [0.2, 0.25) is 0 Å². The van der Waals surface area contributed by atoms with E-state index >= 15 is 0 Å². The summed E-state index contributed by atoms with van der Waals surface area (Å²) in [6.07, 6.45) is 0. The van der Waals surface area contributed by atoms with Crippen molar-refractivity contribution in [2.24, 2.45) is 0 Å². The van der Waals surface area contributed by atoms with Crippen LogP contribution in [0, 0.1) is 20.8 Å². The van der Waals surface area contributed by atoms with Crippen LogP contribution in [0.25, 0.3) is 0 Å². The van der Waals surface area contributed by atoms with Gasteiger partial charge < -0.3 is 0 Å². The van der Waals surface area contributed by atoms with Crippen LogP contribution in [0.1, 0.15) is 30.8 Å². The first-order chi connectivity index (χ1) is 8.95. The molecule has 0 atom stereocenters. The minimum absolute atomic E-state index is 0.191. The van der Waals surface area contributed by atoms with Crippen molar-refractivity contribution in [3.8, 4) is 0 Å². The summed E-state index contributed by atoms with van der Waals surface area (Å²) in [4.78, 5) is 21.0. The highest BCUT2D eigenvalue weighted by Crippen LogP contribution is 2.21. The summed E-state index contributed by atoms with van der Waals surface area (Å²) in [5, 5.41) is 3.12. The number of ketones is 1. The van der Waals surface area contributed by atoms with Crippen LogP contribution in [0.3, 0.4) is 0 Å².